The standard InChI is InChI=1S/C25H34BN3O6.C3H8/c1-7-12-29(22(31)15-27-23(32)33-6)16-21(30)28-20-11-9-17-13-19(10-8-18(17)14-20)26-34-24(2,3)25(4,5)35-26;1-3-2/h8-11,13-14H,7,12,15-16H2,1-6H3,(H,27,32)(H,28,30);3H2,1-2H3. The van der Waals surface area contributed by atoms with E-state index in [0.717, 1.165) is 16.2 Å². The molecule has 10 heteroatoms. The molecule has 0 radical (unpaired) electrons. The van der Waals surface area contributed by atoms with Crippen LogP contribution in [0.3, 0.4) is 0 Å². The van der Waals surface area contributed by atoms with Crippen LogP contribution in [0.2, 0.25) is 0 Å². The number of nitrogens with zero attached hydrogens (tertiary/aromatic N) is 1. The van der Waals surface area contributed by atoms with Gasteiger partial charge in [-0.05, 0) is 62.5 Å². The lowest BCUT2D eigenvalue weighted by atomic mass is 9.78. The fourth-order valence-corrected chi connectivity index (χ4v) is 3.74. The Morgan fingerprint density at radius 3 is 2.11 bits per heavy atom. The number of amides is 3. The number of rotatable bonds is 8. The van der Waals surface area contributed by atoms with Crippen LogP contribution in [0.15, 0.2) is 36.4 Å². The van der Waals surface area contributed by atoms with Crippen LogP contribution in [-0.2, 0) is 23.6 Å². The quantitative estimate of drug-likeness (QED) is 0.501. The van der Waals surface area contributed by atoms with Crippen molar-refractivity contribution in [1.29, 1.82) is 0 Å². The Morgan fingerprint density at radius 2 is 1.53 bits per heavy atom. The monoisotopic (exact) mass is 527 g/mol. The summed E-state index contributed by atoms with van der Waals surface area (Å²) in [5, 5.41) is 7.14. The predicted octanol–water partition coefficient (Wildman–Crippen LogP) is 4.09. The Hall–Kier alpha value is -3.11. The van der Waals surface area contributed by atoms with E-state index < -0.39 is 24.4 Å². The number of fused-ring (bicyclic) bond motifs is 1. The zero-order valence-electron chi connectivity index (χ0n) is 24.0. The smallest absolute Gasteiger partial charge is 0.453 e. The number of nitrogens with one attached hydrogen (secondary N) is 2. The molecule has 1 aliphatic heterocycles. The lowest BCUT2D eigenvalue weighted by molar-refractivity contribution is -0.133. The van der Waals surface area contributed by atoms with Gasteiger partial charge in [-0.15, -0.1) is 0 Å². The first kappa shape index (κ1) is 31.1. The molecule has 1 aliphatic rings. The number of ether oxygens (including phenoxy) is 1. The summed E-state index contributed by atoms with van der Waals surface area (Å²) in [5.41, 5.74) is 0.733. The Morgan fingerprint density at radius 1 is 0.947 bits per heavy atom. The van der Waals surface area contributed by atoms with Crippen molar-refractivity contribution >= 4 is 46.9 Å². The van der Waals surface area contributed by atoms with Crippen molar-refractivity contribution in [3.05, 3.63) is 36.4 Å². The van der Waals surface area contributed by atoms with Crippen LogP contribution in [0.5, 0.6) is 0 Å². The highest BCUT2D eigenvalue weighted by molar-refractivity contribution is 6.62. The van der Waals surface area contributed by atoms with E-state index in [-0.39, 0.29) is 24.9 Å². The van der Waals surface area contributed by atoms with Gasteiger partial charge >= 0.3 is 13.2 Å². The summed E-state index contributed by atoms with van der Waals surface area (Å²) in [6.45, 7) is 14.3. The van der Waals surface area contributed by atoms with Crippen molar-refractivity contribution in [2.45, 2.75) is 72.5 Å². The average molecular weight is 527 g/mol. The highest BCUT2D eigenvalue weighted by Crippen LogP contribution is 2.36. The van der Waals surface area contributed by atoms with E-state index in [9.17, 15) is 14.4 Å². The molecule has 0 atom stereocenters. The molecule has 1 heterocycles. The summed E-state index contributed by atoms with van der Waals surface area (Å²) in [4.78, 5) is 37.7. The van der Waals surface area contributed by atoms with Gasteiger partial charge < -0.3 is 29.6 Å². The second-order valence-corrected chi connectivity index (χ2v) is 10.3. The third-order valence-electron chi connectivity index (χ3n) is 6.42. The molecule has 0 saturated carbocycles. The molecule has 208 valence electrons. The van der Waals surface area contributed by atoms with Crippen LogP contribution < -0.4 is 16.1 Å². The molecule has 3 amide bonds. The van der Waals surface area contributed by atoms with Crippen LogP contribution in [0.25, 0.3) is 10.8 Å². The molecule has 0 aromatic heterocycles. The number of anilines is 1. The molecule has 3 rings (SSSR count). The summed E-state index contributed by atoms with van der Waals surface area (Å²) in [5.74, 6) is -0.681. The van der Waals surface area contributed by atoms with Crippen molar-refractivity contribution in [2.75, 3.05) is 32.1 Å². The molecule has 1 saturated heterocycles. The van der Waals surface area contributed by atoms with Gasteiger partial charge in [-0.25, -0.2) is 4.79 Å². The maximum absolute atomic E-state index is 12.6. The minimum absolute atomic E-state index is 0.117. The van der Waals surface area contributed by atoms with Crippen LogP contribution in [0.1, 0.15) is 61.3 Å². The van der Waals surface area contributed by atoms with Gasteiger partial charge in [0.1, 0.15) is 6.54 Å². The molecule has 2 aromatic carbocycles. The van der Waals surface area contributed by atoms with Gasteiger partial charge in [0, 0.05) is 12.2 Å². The Bertz CT molecular complexity index is 1100. The van der Waals surface area contributed by atoms with Crippen LogP contribution in [0, 0.1) is 0 Å². The third kappa shape index (κ3) is 8.20. The van der Waals surface area contributed by atoms with E-state index >= 15 is 0 Å². The average Bonchev–Trinajstić information content (AvgIpc) is 3.08. The molecule has 1 fully saturated rings. The third-order valence-corrected chi connectivity index (χ3v) is 6.42. The summed E-state index contributed by atoms with van der Waals surface area (Å²) < 4.78 is 16.8. The van der Waals surface area contributed by atoms with Gasteiger partial charge in [-0.3, -0.25) is 9.59 Å². The van der Waals surface area contributed by atoms with Crippen molar-refractivity contribution < 1.29 is 28.4 Å². The van der Waals surface area contributed by atoms with Crippen LogP contribution >= 0.6 is 0 Å². The minimum atomic E-state index is -0.697. The van der Waals surface area contributed by atoms with E-state index in [1.165, 1.54) is 18.4 Å². The van der Waals surface area contributed by atoms with Gasteiger partial charge in [-0.2, -0.15) is 0 Å². The maximum Gasteiger partial charge on any atom is 0.494 e. The normalized spacial score (nSPS) is 15.3. The summed E-state index contributed by atoms with van der Waals surface area (Å²) in [6.07, 6.45) is 1.23. The first-order valence-corrected chi connectivity index (χ1v) is 13.2. The van der Waals surface area contributed by atoms with Gasteiger partial charge in [0.2, 0.25) is 11.8 Å². The Labute approximate surface area is 226 Å². The SMILES string of the molecule is CCC.CCCN(CC(=O)Nc1ccc2cc(B3OC(C)(C)C(C)(C)O3)ccc2c1)C(=O)CNC(=O)OC. The molecule has 0 bridgehead atoms. The number of carbonyl (C=O) groups excluding carboxylic acids is 3. The molecule has 0 aliphatic carbocycles. The lowest BCUT2D eigenvalue weighted by Gasteiger charge is -2.32. The predicted molar refractivity (Wildman–Crippen MR) is 152 cm³/mol. The van der Waals surface area contributed by atoms with Crippen LogP contribution in [-0.4, -0.2) is 67.9 Å². The summed E-state index contributed by atoms with van der Waals surface area (Å²) in [7, 11) is 0.776. The van der Waals surface area contributed by atoms with Gasteiger partial charge in [-0.1, -0.05) is 51.5 Å². The summed E-state index contributed by atoms with van der Waals surface area (Å²) in [6, 6.07) is 11.6. The fourth-order valence-electron chi connectivity index (χ4n) is 3.74. The van der Waals surface area contributed by atoms with E-state index in [1.54, 1.807) is 0 Å². The number of methoxy groups -OCH3 is 1. The summed E-state index contributed by atoms with van der Waals surface area (Å²) >= 11 is 0. The molecular weight excluding hydrogens is 485 g/mol. The number of hydrogen-bond acceptors (Lipinski definition) is 6. The highest BCUT2D eigenvalue weighted by Gasteiger charge is 2.51. The number of benzene rings is 2. The van der Waals surface area contributed by atoms with Crippen molar-refractivity contribution in [1.82, 2.24) is 10.2 Å². The number of alkyl carbamates (subject to hydrolysis) is 1. The second kappa shape index (κ2) is 13.6. The molecule has 2 N–H and O–H groups in total. The van der Waals surface area contributed by atoms with E-state index in [1.807, 2.05) is 71.0 Å². The van der Waals surface area contributed by atoms with Crippen molar-refractivity contribution in [2.24, 2.45) is 0 Å². The zero-order valence-corrected chi connectivity index (χ0v) is 24.0. The largest absolute Gasteiger partial charge is 0.494 e. The van der Waals surface area contributed by atoms with Crippen LogP contribution in [0.4, 0.5) is 10.5 Å². The second-order valence-electron chi connectivity index (χ2n) is 10.3. The van der Waals surface area contributed by atoms with E-state index in [0.29, 0.717) is 18.7 Å². The Kier molecular flexibility index (Phi) is 11.2. The molecule has 0 spiro atoms. The maximum atomic E-state index is 12.6. The first-order chi connectivity index (χ1) is 17.9. The number of carbonyl (C=O) groups is 3. The van der Waals surface area contributed by atoms with E-state index in [4.69, 9.17) is 9.31 Å². The van der Waals surface area contributed by atoms with Gasteiger partial charge in [0.25, 0.3) is 0 Å². The van der Waals surface area contributed by atoms with Gasteiger partial charge in [0.05, 0.1) is 24.9 Å². The fraction of sp³-hybridized carbons (Fsp3) is 0.536. The Balaban J connectivity index is 0.00000161. The van der Waals surface area contributed by atoms with Crippen molar-refractivity contribution in [3.63, 3.8) is 0 Å². The molecule has 2 aromatic rings. The molecule has 0 unspecified atom stereocenters. The van der Waals surface area contributed by atoms with Crippen molar-refractivity contribution in [3.8, 4) is 0 Å². The number of hydrogen-bond donors (Lipinski definition) is 2. The molecule has 9 nitrogen and oxygen atoms in total. The lowest BCUT2D eigenvalue weighted by Crippen LogP contribution is -2.44. The highest BCUT2D eigenvalue weighted by atomic mass is 16.7. The zero-order chi connectivity index (χ0) is 28.5. The van der Waals surface area contributed by atoms with Gasteiger partial charge in [0.15, 0.2) is 0 Å². The molecule has 38 heavy (non-hydrogen) atoms. The molecular formula is C28H42BN3O6. The topological polar surface area (TPSA) is 106 Å². The first-order valence-electron chi connectivity index (χ1n) is 13.2. The van der Waals surface area contributed by atoms with E-state index in [2.05, 4.69) is 29.2 Å². The minimum Gasteiger partial charge on any atom is -0.453 e.